The second-order valence-corrected chi connectivity index (χ2v) is 5.57. The lowest BCUT2D eigenvalue weighted by Gasteiger charge is -2.38. The number of rotatable bonds is 4. The zero-order valence-corrected chi connectivity index (χ0v) is 12.9. The summed E-state index contributed by atoms with van der Waals surface area (Å²) in [6, 6.07) is 5.64. The van der Waals surface area contributed by atoms with Crippen LogP contribution in [0.2, 0.25) is 0 Å². The van der Waals surface area contributed by atoms with Crippen molar-refractivity contribution in [2.75, 3.05) is 58.4 Å². The van der Waals surface area contributed by atoms with E-state index in [1.165, 1.54) is 7.11 Å². The molecule has 1 saturated heterocycles. The minimum absolute atomic E-state index is 0.373. The van der Waals surface area contributed by atoms with Crippen LogP contribution in [0.15, 0.2) is 18.2 Å². The van der Waals surface area contributed by atoms with Crippen molar-refractivity contribution < 1.29 is 9.53 Å². The zero-order chi connectivity index (χ0) is 15.4. The highest BCUT2D eigenvalue weighted by Gasteiger charge is 2.21. The van der Waals surface area contributed by atoms with Gasteiger partial charge in [-0.05, 0) is 32.3 Å². The Morgan fingerprint density at radius 1 is 1.43 bits per heavy atom. The minimum Gasteiger partial charge on any atom is -0.465 e. The number of piperazine rings is 1. The lowest BCUT2D eigenvalue weighted by molar-refractivity contribution is 0.0601. The number of nitrogens with zero attached hydrogens (tertiary/aromatic N) is 2. The van der Waals surface area contributed by atoms with Crippen LogP contribution in [0.1, 0.15) is 10.4 Å². The second-order valence-electron chi connectivity index (χ2n) is 5.57. The molecule has 1 aromatic rings. The molecule has 0 bridgehead atoms. The minimum atomic E-state index is -0.373. The van der Waals surface area contributed by atoms with Gasteiger partial charge in [0.05, 0.1) is 24.0 Å². The van der Waals surface area contributed by atoms with Crippen molar-refractivity contribution in [3.8, 4) is 0 Å². The van der Waals surface area contributed by atoms with Gasteiger partial charge in [0.2, 0.25) is 0 Å². The number of nitrogens with two attached hydrogens (primary N) is 1. The molecule has 1 fully saturated rings. The highest BCUT2D eigenvalue weighted by Crippen LogP contribution is 2.21. The van der Waals surface area contributed by atoms with E-state index in [2.05, 4.69) is 33.9 Å². The Labute approximate surface area is 125 Å². The van der Waals surface area contributed by atoms with E-state index in [1.807, 2.05) is 6.07 Å². The van der Waals surface area contributed by atoms with Crippen LogP contribution in [-0.2, 0) is 4.74 Å². The highest BCUT2D eigenvalue weighted by atomic mass is 16.5. The van der Waals surface area contributed by atoms with E-state index in [0.29, 0.717) is 17.3 Å². The molecule has 0 saturated carbocycles. The number of anilines is 2. The van der Waals surface area contributed by atoms with Crippen LogP contribution in [0.4, 0.5) is 11.4 Å². The molecule has 3 N–H and O–H groups in total. The fraction of sp³-hybridized carbons (Fsp3) is 0.533. The number of hydrogen-bond acceptors (Lipinski definition) is 6. The summed E-state index contributed by atoms with van der Waals surface area (Å²) in [4.78, 5) is 16.1. The first-order valence-corrected chi connectivity index (χ1v) is 7.11. The predicted molar refractivity (Wildman–Crippen MR) is 84.6 cm³/mol. The number of ether oxygens (including phenoxy) is 1. The lowest BCUT2D eigenvalue weighted by Crippen LogP contribution is -2.52. The van der Waals surface area contributed by atoms with Gasteiger partial charge in [0.1, 0.15) is 0 Å². The number of nitrogens with one attached hydrogen (secondary N) is 1. The molecule has 1 unspecified atom stereocenters. The average molecular weight is 292 g/mol. The number of methoxy groups -OCH3 is 1. The van der Waals surface area contributed by atoms with Gasteiger partial charge >= 0.3 is 5.97 Å². The summed E-state index contributed by atoms with van der Waals surface area (Å²) >= 11 is 0. The van der Waals surface area contributed by atoms with Crippen molar-refractivity contribution in [1.82, 2.24) is 9.80 Å². The first-order valence-electron chi connectivity index (χ1n) is 7.11. The van der Waals surface area contributed by atoms with E-state index < -0.39 is 0 Å². The maximum atomic E-state index is 11.5. The molecule has 0 aliphatic carbocycles. The van der Waals surface area contributed by atoms with E-state index in [1.54, 1.807) is 12.1 Å². The summed E-state index contributed by atoms with van der Waals surface area (Å²) in [6.45, 7) is 4.02. The van der Waals surface area contributed by atoms with Gasteiger partial charge in [-0.15, -0.1) is 0 Å². The number of likely N-dealkylation sites (N-methyl/N-ethyl adjacent to an activating group) is 2. The van der Waals surface area contributed by atoms with Crippen molar-refractivity contribution in [2.24, 2.45) is 0 Å². The summed E-state index contributed by atoms with van der Waals surface area (Å²) in [6.07, 6.45) is 0. The van der Waals surface area contributed by atoms with Crippen molar-refractivity contribution >= 4 is 17.3 Å². The molecular formula is C15H24N4O2. The Balaban J connectivity index is 1.98. The van der Waals surface area contributed by atoms with Crippen molar-refractivity contribution in [3.63, 3.8) is 0 Å². The lowest BCUT2D eigenvalue weighted by atomic mass is 10.1. The normalized spacial score (nSPS) is 20.2. The fourth-order valence-electron chi connectivity index (χ4n) is 2.52. The quantitative estimate of drug-likeness (QED) is 0.629. The standard InChI is InChI=1S/C15H24N4O2/c1-18-6-7-19(2)12(10-18)9-17-14-5-4-11(8-13(14)16)15(20)21-3/h4-5,8,12,17H,6-7,9-10,16H2,1-3H3. The van der Waals surface area contributed by atoms with Crippen LogP contribution < -0.4 is 11.1 Å². The van der Waals surface area contributed by atoms with E-state index >= 15 is 0 Å². The van der Waals surface area contributed by atoms with Gasteiger partial charge in [-0.1, -0.05) is 0 Å². The Bertz CT molecular complexity index is 506. The van der Waals surface area contributed by atoms with Gasteiger partial charge in [-0.3, -0.25) is 4.90 Å². The van der Waals surface area contributed by atoms with Crippen LogP contribution in [0.3, 0.4) is 0 Å². The van der Waals surface area contributed by atoms with E-state index in [-0.39, 0.29) is 5.97 Å². The van der Waals surface area contributed by atoms with Crippen molar-refractivity contribution in [1.29, 1.82) is 0 Å². The Hall–Kier alpha value is -1.79. The highest BCUT2D eigenvalue weighted by molar-refractivity contribution is 5.91. The molecule has 1 heterocycles. The Kier molecular flexibility index (Phi) is 5.03. The number of carbonyl (C=O) groups is 1. The van der Waals surface area contributed by atoms with Gasteiger partial charge in [0.25, 0.3) is 0 Å². The summed E-state index contributed by atoms with van der Waals surface area (Å²) in [5, 5.41) is 3.37. The van der Waals surface area contributed by atoms with Gasteiger partial charge < -0.3 is 20.7 Å². The molecule has 0 aromatic heterocycles. The third kappa shape index (κ3) is 3.86. The molecule has 1 aliphatic rings. The molecule has 0 radical (unpaired) electrons. The largest absolute Gasteiger partial charge is 0.465 e. The molecule has 6 nitrogen and oxygen atoms in total. The summed E-state index contributed by atoms with van der Waals surface area (Å²) in [5.41, 5.74) is 7.88. The molecule has 2 rings (SSSR count). The Morgan fingerprint density at radius 2 is 2.19 bits per heavy atom. The molecule has 1 aromatic carbocycles. The van der Waals surface area contributed by atoms with Gasteiger partial charge in [0, 0.05) is 32.2 Å². The fourth-order valence-corrected chi connectivity index (χ4v) is 2.52. The molecular weight excluding hydrogens is 268 g/mol. The molecule has 1 aliphatic heterocycles. The van der Waals surface area contributed by atoms with Crippen molar-refractivity contribution in [2.45, 2.75) is 6.04 Å². The van der Waals surface area contributed by atoms with Crippen LogP contribution in [0, 0.1) is 0 Å². The number of carbonyl (C=O) groups excluding carboxylic acids is 1. The number of benzene rings is 1. The monoisotopic (exact) mass is 292 g/mol. The van der Waals surface area contributed by atoms with Crippen LogP contribution in [0.5, 0.6) is 0 Å². The average Bonchev–Trinajstić information content (AvgIpc) is 2.48. The number of nitrogen functional groups attached to an aromatic ring is 1. The van der Waals surface area contributed by atoms with Gasteiger partial charge in [0.15, 0.2) is 0 Å². The third-order valence-electron chi connectivity index (χ3n) is 3.98. The van der Waals surface area contributed by atoms with Crippen molar-refractivity contribution in [3.05, 3.63) is 23.8 Å². The van der Waals surface area contributed by atoms with Gasteiger partial charge in [-0.2, -0.15) is 0 Å². The van der Waals surface area contributed by atoms with Crippen LogP contribution in [-0.4, -0.2) is 69.2 Å². The number of hydrogen-bond donors (Lipinski definition) is 2. The SMILES string of the molecule is COC(=O)c1ccc(NCC2CN(C)CCN2C)c(N)c1. The van der Waals surface area contributed by atoms with E-state index in [4.69, 9.17) is 5.73 Å². The zero-order valence-electron chi connectivity index (χ0n) is 12.9. The van der Waals surface area contributed by atoms with Crippen LogP contribution in [0.25, 0.3) is 0 Å². The Morgan fingerprint density at radius 3 is 2.86 bits per heavy atom. The van der Waals surface area contributed by atoms with Crippen LogP contribution >= 0.6 is 0 Å². The first-order chi connectivity index (χ1) is 10.0. The third-order valence-corrected chi connectivity index (χ3v) is 3.98. The van der Waals surface area contributed by atoms with Gasteiger partial charge in [-0.25, -0.2) is 4.79 Å². The molecule has 21 heavy (non-hydrogen) atoms. The maximum absolute atomic E-state index is 11.5. The predicted octanol–water partition coefficient (Wildman–Crippen LogP) is 0.713. The smallest absolute Gasteiger partial charge is 0.337 e. The number of esters is 1. The summed E-state index contributed by atoms with van der Waals surface area (Å²) < 4.78 is 4.69. The summed E-state index contributed by atoms with van der Waals surface area (Å²) in [5.74, 6) is -0.373. The molecule has 116 valence electrons. The molecule has 0 amide bonds. The molecule has 6 heteroatoms. The summed E-state index contributed by atoms with van der Waals surface area (Å²) in [7, 11) is 5.64. The first kappa shape index (κ1) is 15.6. The maximum Gasteiger partial charge on any atom is 0.337 e. The van der Waals surface area contributed by atoms with E-state index in [0.717, 1.165) is 31.9 Å². The topological polar surface area (TPSA) is 70.8 Å². The van der Waals surface area contributed by atoms with E-state index in [9.17, 15) is 4.79 Å². The molecule has 0 spiro atoms. The second kappa shape index (κ2) is 6.78. The molecule has 1 atom stereocenters.